The van der Waals surface area contributed by atoms with Gasteiger partial charge in [0.15, 0.2) is 0 Å². The monoisotopic (exact) mass is 338 g/mol. The normalized spacial score (nSPS) is 10.1. The number of benzene rings is 1. The molecular weight excluding hydrogens is 328 g/mol. The van der Waals surface area contributed by atoms with Gasteiger partial charge >= 0.3 is 5.97 Å². The second-order valence-corrected chi connectivity index (χ2v) is 4.76. The molecule has 20 heavy (non-hydrogen) atoms. The van der Waals surface area contributed by atoms with E-state index in [2.05, 4.69) is 35.7 Å². The highest BCUT2D eigenvalue weighted by molar-refractivity contribution is 9.10. The zero-order valence-electron chi connectivity index (χ0n) is 10.6. The van der Waals surface area contributed by atoms with E-state index in [9.17, 15) is 9.59 Å². The molecule has 0 fully saturated rings. The molecule has 1 aromatic carbocycles. The predicted octanol–water partition coefficient (Wildman–Crippen LogP) is 2.40. The van der Waals surface area contributed by atoms with E-state index in [1.165, 1.54) is 13.4 Å². The maximum atomic E-state index is 11.8. The van der Waals surface area contributed by atoms with Gasteiger partial charge in [0, 0.05) is 10.5 Å². The first-order valence-electron chi connectivity index (χ1n) is 5.67. The smallest absolute Gasteiger partial charge is 0.337 e. The number of aromatic nitrogens is 1. The van der Waals surface area contributed by atoms with Gasteiger partial charge in [-0.15, -0.1) is 0 Å². The maximum absolute atomic E-state index is 11.8. The Morgan fingerprint density at radius 2 is 2.20 bits per heavy atom. The molecule has 0 bridgehead atoms. The first kappa shape index (κ1) is 14.3. The average molecular weight is 339 g/mol. The molecule has 0 aliphatic heterocycles. The Kier molecular flexibility index (Phi) is 4.52. The van der Waals surface area contributed by atoms with Crippen molar-refractivity contribution in [2.75, 3.05) is 12.4 Å². The summed E-state index contributed by atoms with van der Waals surface area (Å²) in [7, 11) is 1.31. The number of hydrogen-bond donors (Lipinski definition) is 1. The number of carbonyl (C=O) groups is 2. The van der Waals surface area contributed by atoms with E-state index in [-0.39, 0.29) is 12.3 Å². The highest BCUT2D eigenvalue weighted by Gasteiger charge is 2.11. The van der Waals surface area contributed by atoms with E-state index in [1.54, 1.807) is 24.3 Å². The topological polar surface area (TPSA) is 81.4 Å². The summed E-state index contributed by atoms with van der Waals surface area (Å²) in [5.74, 6) is -0.670. The third-order valence-corrected chi connectivity index (χ3v) is 3.15. The zero-order chi connectivity index (χ0) is 14.5. The first-order chi connectivity index (χ1) is 9.60. The van der Waals surface area contributed by atoms with Crippen LogP contribution in [0.4, 0.5) is 5.69 Å². The van der Waals surface area contributed by atoms with Crippen molar-refractivity contribution < 1.29 is 18.8 Å². The van der Waals surface area contributed by atoms with Gasteiger partial charge in [0.05, 0.1) is 30.5 Å². The minimum atomic E-state index is -0.439. The van der Waals surface area contributed by atoms with Crippen LogP contribution in [-0.4, -0.2) is 24.1 Å². The molecule has 0 saturated carbocycles. The van der Waals surface area contributed by atoms with Gasteiger partial charge in [0.1, 0.15) is 6.26 Å². The fourth-order valence-electron chi connectivity index (χ4n) is 1.55. The van der Waals surface area contributed by atoms with Gasteiger partial charge in [0.2, 0.25) is 5.91 Å². The van der Waals surface area contributed by atoms with Crippen molar-refractivity contribution in [3.8, 4) is 0 Å². The maximum Gasteiger partial charge on any atom is 0.337 e. The molecule has 0 atom stereocenters. The SMILES string of the molecule is COC(=O)c1ccc(NC(=O)Cc2ccon2)c(Br)c1. The fraction of sp³-hybridized carbons (Fsp3) is 0.154. The van der Waals surface area contributed by atoms with Gasteiger partial charge < -0.3 is 14.6 Å². The number of amides is 1. The number of nitrogens with one attached hydrogen (secondary N) is 1. The van der Waals surface area contributed by atoms with Gasteiger partial charge in [-0.3, -0.25) is 4.79 Å². The van der Waals surface area contributed by atoms with Crippen molar-refractivity contribution in [3.63, 3.8) is 0 Å². The largest absolute Gasteiger partial charge is 0.465 e. The second kappa shape index (κ2) is 6.33. The van der Waals surface area contributed by atoms with E-state index >= 15 is 0 Å². The molecule has 0 saturated heterocycles. The van der Waals surface area contributed by atoms with Crippen molar-refractivity contribution in [1.29, 1.82) is 0 Å². The highest BCUT2D eigenvalue weighted by Crippen LogP contribution is 2.24. The Labute approximate surface area is 123 Å². The number of esters is 1. The molecule has 6 nitrogen and oxygen atoms in total. The average Bonchev–Trinajstić information content (AvgIpc) is 2.93. The Balaban J connectivity index is 2.06. The number of ether oxygens (including phenoxy) is 1. The van der Waals surface area contributed by atoms with Crippen molar-refractivity contribution in [2.24, 2.45) is 0 Å². The summed E-state index contributed by atoms with van der Waals surface area (Å²) in [6.45, 7) is 0. The molecule has 1 heterocycles. The minimum absolute atomic E-state index is 0.113. The lowest BCUT2D eigenvalue weighted by Gasteiger charge is -2.08. The van der Waals surface area contributed by atoms with Crippen LogP contribution in [0.2, 0.25) is 0 Å². The van der Waals surface area contributed by atoms with Crippen LogP contribution >= 0.6 is 15.9 Å². The molecule has 1 amide bonds. The van der Waals surface area contributed by atoms with Crippen molar-refractivity contribution >= 4 is 33.5 Å². The molecule has 2 aromatic rings. The summed E-state index contributed by atoms with van der Waals surface area (Å²) >= 11 is 3.29. The molecule has 0 radical (unpaired) electrons. The second-order valence-electron chi connectivity index (χ2n) is 3.90. The van der Waals surface area contributed by atoms with Crippen LogP contribution in [0.3, 0.4) is 0 Å². The summed E-state index contributed by atoms with van der Waals surface area (Å²) in [6.07, 6.45) is 1.52. The van der Waals surface area contributed by atoms with Crippen molar-refractivity contribution in [3.05, 3.63) is 46.3 Å². The lowest BCUT2D eigenvalue weighted by molar-refractivity contribution is -0.115. The van der Waals surface area contributed by atoms with Crippen LogP contribution in [0.25, 0.3) is 0 Å². The first-order valence-corrected chi connectivity index (χ1v) is 6.46. The van der Waals surface area contributed by atoms with Crippen molar-refractivity contribution in [2.45, 2.75) is 6.42 Å². The highest BCUT2D eigenvalue weighted by atomic mass is 79.9. The quantitative estimate of drug-likeness (QED) is 0.865. The van der Waals surface area contributed by atoms with Gasteiger partial charge in [-0.2, -0.15) is 0 Å². The van der Waals surface area contributed by atoms with E-state index in [0.29, 0.717) is 21.4 Å². The lowest BCUT2D eigenvalue weighted by atomic mass is 10.2. The van der Waals surface area contributed by atoms with E-state index in [1.807, 2.05) is 0 Å². The standard InChI is InChI=1S/C13H11BrN2O4/c1-19-13(18)8-2-3-11(10(14)6-8)15-12(17)7-9-4-5-20-16-9/h2-6H,7H2,1H3,(H,15,17). The van der Waals surface area contributed by atoms with Gasteiger partial charge in [-0.1, -0.05) is 5.16 Å². The summed E-state index contributed by atoms with van der Waals surface area (Å²) in [6, 6.07) is 6.39. The van der Waals surface area contributed by atoms with Crippen LogP contribution in [0.15, 0.2) is 39.5 Å². The van der Waals surface area contributed by atoms with E-state index < -0.39 is 5.97 Å². The zero-order valence-corrected chi connectivity index (χ0v) is 12.1. The summed E-state index contributed by atoms with van der Waals surface area (Å²) in [5, 5.41) is 6.37. The number of carbonyl (C=O) groups excluding carboxylic acids is 2. The molecule has 0 aliphatic rings. The molecular formula is C13H11BrN2O4. The summed E-state index contributed by atoms with van der Waals surface area (Å²) in [4.78, 5) is 23.2. The van der Waals surface area contributed by atoms with Crippen LogP contribution in [-0.2, 0) is 16.0 Å². The predicted molar refractivity (Wildman–Crippen MR) is 74.3 cm³/mol. The number of hydrogen-bond acceptors (Lipinski definition) is 5. The molecule has 2 rings (SSSR count). The number of rotatable bonds is 4. The Morgan fingerprint density at radius 1 is 1.40 bits per heavy atom. The third-order valence-electron chi connectivity index (χ3n) is 2.50. The van der Waals surface area contributed by atoms with Crippen LogP contribution < -0.4 is 5.32 Å². The van der Waals surface area contributed by atoms with E-state index in [0.717, 1.165) is 0 Å². The summed E-state index contributed by atoms with van der Waals surface area (Å²) in [5.41, 5.74) is 1.50. The number of halogens is 1. The summed E-state index contributed by atoms with van der Waals surface area (Å²) < 4.78 is 9.86. The van der Waals surface area contributed by atoms with Gasteiger partial charge in [-0.25, -0.2) is 4.79 Å². The third kappa shape index (κ3) is 3.45. The van der Waals surface area contributed by atoms with Crippen LogP contribution in [0, 0.1) is 0 Å². The molecule has 1 aromatic heterocycles. The fourth-order valence-corrected chi connectivity index (χ4v) is 2.03. The minimum Gasteiger partial charge on any atom is -0.465 e. The van der Waals surface area contributed by atoms with Gasteiger partial charge in [-0.05, 0) is 34.1 Å². The molecule has 104 valence electrons. The van der Waals surface area contributed by atoms with Gasteiger partial charge in [0.25, 0.3) is 0 Å². The number of methoxy groups -OCH3 is 1. The number of nitrogens with zero attached hydrogens (tertiary/aromatic N) is 1. The van der Waals surface area contributed by atoms with Crippen LogP contribution in [0.5, 0.6) is 0 Å². The molecule has 7 heteroatoms. The molecule has 1 N–H and O–H groups in total. The lowest BCUT2D eigenvalue weighted by Crippen LogP contribution is -2.15. The molecule has 0 aliphatic carbocycles. The van der Waals surface area contributed by atoms with E-state index in [4.69, 9.17) is 0 Å². The van der Waals surface area contributed by atoms with Crippen LogP contribution in [0.1, 0.15) is 16.1 Å². The molecule has 0 unspecified atom stereocenters. The number of anilines is 1. The Bertz CT molecular complexity index is 625. The van der Waals surface area contributed by atoms with Crippen molar-refractivity contribution in [1.82, 2.24) is 5.16 Å². The Hall–Kier alpha value is -2.15. The Morgan fingerprint density at radius 3 is 2.80 bits per heavy atom. The molecule has 0 spiro atoms.